The van der Waals surface area contributed by atoms with Crippen molar-refractivity contribution in [1.29, 1.82) is 0 Å². The van der Waals surface area contributed by atoms with Gasteiger partial charge in [-0.1, -0.05) is 32.1 Å². The van der Waals surface area contributed by atoms with Crippen LogP contribution in [0.25, 0.3) is 11.3 Å². The van der Waals surface area contributed by atoms with Gasteiger partial charge in [-0.25, -0.2) is 9.48 Å². The van der Waals surface area contributed by atoms with Gasteiger partial charge in [0.2, 0.25) is 5.91 Å². The topological polar surface area (TPSA) is 110 Å². The number of benzene rings is 1. The minimum atomic E-state index is -1.82. The smallest absolute Gasteiger partial charge is 0.405 e. The first-order valence-electron chi connectivity index (χ1n) is 11.3. The Labute approximate surface area is 196 Å². The first-order chi connectivity index (χ1) is 15.3. The number of carbonyl (C=O) groups is 2. The molecule has 0 saturated heterocycles. The van der Waals surface area contributed by atoms with Crippen molar-refractivity contribution in [3.63, 3.8) is 0 Å². The van der Waals surface area contributed by atoms with Crippen LogP contribution < -0.4 is 10.2 Å². The normalized spacial score (nSPS) is 18.7. The lowest BCUT2D eigenvalue weighted by Gasteiger charge is -2.39. The van der Waals surface area contributed by atoms with Gasteiger partial charge in [-0.15, -0.1) is 5.10 Å². The molecule has 33 heavy (non-hydrogen) atoms. The summed E-state index contributed by atoms with van der Waals surface area (Å²) in [7, 11) is -1.82. The lowest BCUT2D eigenvalue weighted by atomic mass is 9.90. The molecule has 1 aliphatic heterocycles. The molecule has 1 aromatic heterocycles. The van der Waals surface area contributed by atoms with Gasteiger partial charge < -0.3 is 19.7 Å². The molecular weight excluding hydrogens is 438 g/mol. The van der Waals surface area contributed by atoms with E-state index in [4.69, 9.17) is 4.43 Å². The molecule has 0 saturated carbocycles. The standard InChI is InChI=1S/C23H35N5O4Si/c1-15-12-19(24-22(30)31)18-13-17(8-9-21(18)28(15)16(2)29)20-14-27(26-25-20)10-11-32-33(6,7)23(3,4)5/h8-9,13-15,19,24H,10-12H2,1-7H3,(H,30,31)/t15-,19+/m0/s1. The number of aromatic nitrogens is 3. The van der Waals surface area contributed by atoms with Crippen LogP contribution in [0.4, 0.5) is 10.5 Å². The maximum absolute atomic E-state index is 12.2. The van der Waals surface area contributed by atoms with Crippen LogP contribution in [0.1, 0.15) is 52.6 Å². The Bertz CT molecular complexity index is 1030. The van der Waals surface area contributed by atoms with Crippen molar-refractivity contribution in [1.82, 2.24) is 20.3 Å². The second-order valence-electron chi connectivity index (χ2n) is 10.2. The third kappa shape index (κ3) is 5.44. The summed E-state index contributed by atoms with van der Waals surface area (Å²) in [6.45, 7) is 15.7. The van der Waals surface area contributed by atoms with Gasteiger partial charge in [0.15, 0.2) is 8.32 Å². The zero-order chi connectivity index (χ0) is 24.6. The molecule has 2 atom stereocenters. The molecule has 2 aromatic rings. The van der Waals surface area contributed by atoms with Gasteiger partial charge >= 0.3 is 6.09 Å². The van der Waals surface area contributed by atoms with E-state index in [-0.39, 0.29) is 17.0 Å². The molecule has 0 unspecified atom stereocenters. The van der Waals surface area contributed by atoms with E-state index in [9.17, 15) is 14.7 Å². The summed E-state index contributed by atoms with van der Waals surface area (Å²) in [5.41, 5.74) is 2.99. The lowest BCUT2D eigenvalue weighted by Crippen LogP contribution is -2.45. The van der Waals surface area contributed by atoms with Crippen molar-refractivity contribution in [2.24, 2.45) is 0 Å². The molecule has 0 fully saturated rings. The van der Waals surface area contributed by atoms with Crippen LogP contribution in [-0.4, -0.2) is 53.1 Å². The molecule has 0 spiro atoms. The summed E-state index contributed by atoms with van der Waals surface area (Å²) in [6, 6.07) is 5.14. The minimum Gasteiger partial charge on any atom is -0.465 e. The summed E-state index contributed by atoms with van der Waals surface area (Å²) in [4.78, 5) is 25.3. The Hall–Kier alpha value is -2.72. The van der Waals surface area contributed by atoms with E-state index >= 15 is 0 Å². The van der Waals surface area contributed by atoms with Crippen molar-refractivity contribution < 1.29 is 19.1 Å². The Morgan fingerprint density at radius 3 is 2.61 bits per heavy atom. The highest BCUT2D eigenvalue weighted by Gasteiger charge is 2.37. The Morgan fingerprint density at radius 2 is 2.00 bits per heavy atom. The molecule has 0 bridgehead atoms. The molecule has 2 N–H and O–H groups in total. The summed E-state index contributed by atoms with van der Waals surface area (Å²) in [5, 5.41) is 20.6. The van der Waals surface area contributed by atoms with Crippen molar-refractivity contribution in [2.75, 3.05) is 11.5 Å². The number of carboxylic acid groups (broad SMARTS) is 1. The molecule has 3 rings (SSSR count). The van der Waals surface area contributed by atoms with Crippen LogP contribution in [0.15, 0.2) is 24.4 Å². The van der Waals surface area contributed by atoms with Crippen LogP contribution in [0.3, 0.4) is 0 Å². The van der Waals surface area contributed by atoms with Gasteiger partial charge in [-0.2, -0.15) is 0 Å². The second-order valence-corrected chi connectivity index (χ2v) is 15.0. The molecule has 2 amide bonds. The number of hydrogen-bond acceptors (Lipinski definition) is 5. The lowest BCUT2D eigenvalue weighted by molar-refractivity contribution is -0.117. The predicted octanol–water partition coefficient (Wildman–Crippen LogP) is 4.42. The first-order valence-corrected chi connectivity index (χ1v) is 14.2. The Balaban J connectivity index is 1.82. The summed E-state index contributed by atoms with van der Waals surface area (Å²) in [6.07, 6.45) is 1.28. The van der Waals surface area contributed by atoms with Crippen LogP contribution in [0, 0.1) is 0 Å². The highest BCUT2D eigenvalue weighted by Crippen LogP contribution is 2.39. The number of nitrogens with one attached hydrogen (secondary N) is 1. The largest absolute Gasteiger partial charge is 0.465 e. The number of anilines is 1. The Kier molecular flexibility index (Phi) is 6.99. The number of amides is 2. The summed E-state index contributed by atoms with van der Waals surface area (Å²) >= 11 is 0. The average molecular weight is 474 g/mol. The second kappa shape index (κ2) is 9.26. The maximum Gasteiger partial charge on any atom is 0.405 e. The molecule has 2 heterocycles. The molecule has 9 nitrogen and oxygen atoms in total. The van der Waals surface area contributed by atoms with Gasteiger partial charge in [-0.05, 0) is 49.2 Å². The maximum atomic E-state index is 12.2. The van der Waals surface area contributed by atoms with E-state index < -0.39 is 20.5 Å². The van der Waals surface area contributed by atoms with Gasteiger partial charge in [-0.3, -0.25) is 4.79 Å². The van der Waals surface area contributed by atoms with Crippen molar-refractivity contribution in [2.45, 2.75) is 77.8 Å². The quantitative estimate of drug-likeness (QED) is 0.601. The van der Waals surface area contributed by atoms with Crippen LogP contribution in [-0.2, 0) is 15.8 Å². The fourth-order valence-corrected chi connectivity index (χ4v) is 4.97. The summed E-state index contributed by atoms with van der Waals surface area (Å²) in [5.74, 6) is -0.0713. The fraction of sp³-hybridized carbons (Fsp3) is 0.565. The van der Waals surface area contributed by atoms with E-state index in [2.05, 4.69) is 49.5 Å². The number of rotatable bonds is 6. The number of carbonyl (C=O) groups excluding carboxylic acids is 1. The molecule has 0 radical (unpaired) electrons. The van der Waals surface area contributed by atoms with Gasteiger partial charge in [0.1, 0.15) is 5.69 Å². The highest BCUT2D eigenvalue weighted by atomic mass is 28.4. The van der Waals surface area contributed by atoms with Crippen LogP contribution in [0.5, 0.6) is 0 Å². The molecule has 1 aromatic carbocycles. The van der Waals surface area contributed by atoms with E-state index in [1.807, 2.05) is 31.3 Å². The van der Waals surface area contributed by atoms with Crippen LogP contribution >= 0.6 is 0 Å². The first kappa shape index (κ1) is 24.9. The van der Waals surface area contributed by atoms with E-state index in [0.717, 1.165) is 16.8 Å². The van der Waals surface area contributed by atoms with Gasteiger partial charge in [0.05, 0.1) is 25.4 Å². The number of hydrogen-bond donors (Lipinski definition) is 2. The van der Waals surface area contributed by atoms with Crippen molar-refractivity contribution in [3.8, 4) is 11.3 Å². The van der Waals surface area contributed by atoms with E-state index in [1.165, 1.54) is 6.92 Å². The van der Waals surface area contributed by atoms with E-state index in [1.54, 1.807) is 9.58 Å². The number of fused-ring (bicyclic) bond motifs is 1. The van der Waals surface area contributed by atoms with Crippen LogP contribution in [0.2, 0.25) is 18.1 Å². The minimum absolute atomic E-state index is 0.0713. The molecule has 180 valence electrons. The highest BCUT2D eigenvalue weighted by molar-refractivity contribution is 6.74. The Morgan fingerprint density at radius 1 is 1.30 bits per heavy atom. The molecular formula is C23H35N5O4Si. The summed E-state index contributed by atoms with van der Waals surface area (Å²) < 4.78 is 7.99. The average Bonchev–Trinajstić information content (AvgIpc) is 3.15. The zero-order valence-corrected chi connectivity index (χ0v) is 21.5. The van der Waals surface area contributed by atoms with E-state index in [0.29, 0.717) is 25.3 Å². The van der Waals surface area contributed by atoms with Crippen molar-refractivity contribution >= 4 is 26.0 Å². The number of nitrogens with zero attached hydrogens (tertiary/aromatic N) is 4. The third-order valence-corrected chi connectivity index (χ3v) is 11.3. The predicted molar refractivity (Wildman–Crippen MR) is 130 cm³/mol. The third-order valence-electron chi connectivity index (χ3n) is 6.74. The molecule has 10 heteroatoms. The van der Waals surface area contributed by atoms with Crippen molar-refractivity contribution in [3.05, 3.63) is 30.0 Å². The van der Waals surface area contributed by atoms with Gasteiger partial charge in [0, 0.05) is 24.2 Å². The zero-order valence-electron chi connectivity index (χ0n) is 20.5. The molecule has 0 aliphatic carbocycles. The van der Waals surface area contributed by atoms with Gasteiger partial charge in [0.25, 0.3) is 0 Å². The monoisotopic (exact) mass is 473 g/mol. The molecule has 1 aliphatic rings. The fourth-order valence-electron chi connectivity index (χ4n) is 3.94. The SMILES string of the molecule is CC(=O)N1c2ccc(-c3cn(CCO[Si](C)(C)C(C)(C)C)nn3)cc2[C@H](NC(=O)O)C[C@@H]1C.